The minimum absolute atomic E-state index is 0.242. The lowest BCUT2D eigenvalue weighted by molar-refractivity contribution is -0.139. The van der Waals surface area contributed by atoms with Gasteiger partial charge in [0, 0.05) is 11.0 Å². The van der Waals surface area contributed by atoms with E-state index in [1.165, 1.54) is 12.7 Å². The van der Waals surface area contributed by atoms with E-state index < -0.39 is 0 Å². The second kappa shape index (κ2) is 5.88. The molecule has 0 aromatic heterocycles. The maximum Gasteiger partial charge on any atom is 0.319 e. The van der Waals surface area contributed by atoms with Gasteiger partial charge in [0.1, 0.15) is 0 Å². The molecule has 4 heteroatoms. The van der Waals surface area contributed by atoms with Gasteiger partial charge in [-0.25, -0.2) is 0 Å². The molecule has 0 aliphatic rings. The maximum atomic E-state index is 10.8. The molecule has 0 aliphatic heterocycles. The topological polar surface area (TPSA) is 38.3 Å². The number of carbonyl (C=O) groups excluding carboxylic acids is 1. The van der Waals surface area contributed by atoms with Gasteiger partial charge in [-0.1, -0.05) is 28.1 Å². The number of aryl methyl sites for hydroxylation is 1. The van der Waals surface area contributed by atoms with Gasteiger partial charge in [-0.05, 0) is 24.1 Å². The highest BCUT2D eigenvalue weighted by Crippen LogP contribution is 2.16. The molecule has 3 nitrogen and oxygen atoms in total. The molecule has 0 atom stereocenters. The highest BCUT2D eigenvalue weighted by Gasteiger charge is 2.00. The number of benzene rings is 1. The SMILES string of the molecule is COC(=O)CNCc1ccc(Br)c(C)c1. The van der Waals surface area contributed by atoms with Crippen molar-refractivity contribution in [2.24, 2.45) is 0 Å². The Morgan fingerprint density at radius 1 is 1.53 bits per heavy atom. The van der Waals surface area contributed by atoms with Gasteiger partial charge in [-0.2, -0.15) is 0 Å². The number of hydrogen-bond acceptors (Lipinski definition) is 3. The van der Waals surface area contributed by atoms with Crippen LogP contribution in [-0.4, -0.2) is 19.6 Å². The number of hydrogen-bond donors (Lipinski definition) is 1. The van der Waals surface area contributed by atoms with E-state index >= 15 is 0 Å². The molecule has 0 fully saturated rings. The summed E-state index contributed by atoms with van der Waals surface area (Å²) in [6.07, 6.45) is 0. The largest absolute Gasteiger partial charge is 0.468 e. The lowest BCUT2D eigenvalue weighted by atomic mass is 10.1. The molecular formula is C11H14BrNO2. The van der Waals surface area contributed by atoms with E-state index in [4.69, 9.17) is 0 Å². The molecule has 0 heterocycles. The first kappa shape index (κ1) is 12.2. The first-order valence-corrected chi connectivity index (χ1v) is 5.45. The molecule has 82 valence electrons. The zero-order valence-electron chi connectivity index (χ0n) is 8.84. The van der Waals surface area contributed by atoms with Crippen molar-refractivity contribution in [2.45, 2.75) is 13.5 Å². The third kappa shape index (κ3) is 4.01. The Labute approximate surface area is 97.9 Å². The first-order chi connectivity index (χ1) is 7.13. The summed E-state index contributed by atoms with van der Waals surface area (Å²) in [5.41, 5.74) is 2.34. The van der Waals surface area contributed by atoms with Crippen LogP contribution < -0.4 is 5.32 Å². The minimum atomic E-state index is -0.246. The molecule has 0 saturated carbocycles. The van der Waals surface area contributed by atoms with Crippen molar-refractivity contribution in [3.8, 4) is 0 Å². The van der Waals surface area contributed by atoms with Crippen LogP contribution in [0.25, 0.3) is 0 Å². The van der Waals surface area contributed by atoms with Gasteiger partial charge in [0.25, 0.3) is 0 Å². The molecule has 1 aromatic rings. The average molecular weight is 272 g/mol. The molecule has 0 aliphatic carbocycles. The van der Waals surface area contributed by atoms with Crippen LogP contribution in [0.5, 0.6) is 0 Å². The predicted molar refractivity (Wildman–Crippen MR) is 62.6 cm³/mol. The Morgan fingerprint density at radius 2 is 2.27 bits per heavy atom. The lowest BCUT2D eigenvalue weighted by Gasteiger charge is -2.05. The lowest BCUT2D eigenvalue weighted by Crippen LogP contribution is -2.23. The summed E-state index contributed by atoms with van der Waals surface area (Å²) in [4.78, 5) is 10.8. The molecule has 0 spiro atoms. The first-order valence-electron chi connectivity index (χ1n) is 4.66. The second-order valence-corrected chi connectivity index (χ2v) is 4.12. The zero-order valence-corrected chi connectivity index (χ0v) is 10.4. The van der Waals surface area contributed by atoms with Gasteiger partial charge in [0.15, 0.2) is 0 Å². The summed E-state index contributed by atoms with van der Waals surface area (Å²) in [7, 11) is 1.38. The molecule has 15 heavy (non-hydrogen) atoms. The van der Waals surface area contributed by atoms with E-state index in [2.05, 4.69) is 32.0 Å². The van der Waals surface area contributed by atoms with Gasteiger partial charge >= 0.3 is 5.97 Å². The normalized spacial score (nSPS) is 10.1. The fourth-order valence-electron chi connectivity index (χ4n) is 1.20. The number of carbonyl (C=O) groups is 1. The fourth-order valence-corrected chi connectivity index (χ4v) is 1.44. The Kier molecular flexibility index (Phi) is 4.78. The van der Waals surface area contributed by atoms with Gasteiger partial charge < -0.3 is 10.1 Å². The van der Waals surface area contributed by atoms with Crippen molar-refractivity contribution in [3.63, 3.8) is 0 Å². The molecule has 1 aromatic carbocycles. The molecule has 0 unspecified atom stereocenters. The highest BCUT2D eigenvalue weighted by molar-refractivity contribution is 9.10. The Balaban J connectivity index is 2.44. The molecule has 1 rings (SSSR count). The number of methoxy groups -OCH3 is 1. The average Bonchev–Trinajstić information content (AvgIpc) is 2.23. The Bertz CT molecular complexity index is 352. The number of nitrogens with one attached hydrogen (secondary N) is 1. The summed E-state index contributed by atoms with van der Waals surface area (Å²) < 4.78 is 5.62. The molecule has 0 saturated heterocycles. The monoisotopic (exact) mass is 271 g/mol. The van der Waals surface area contributed by atoms with Crippen molar-refractivity contribution >= 4 is 21.9 Å². The zero-order chi connectivity index (χ0) is 11.3. The van der Waals surface area contributed by atoms with E-state index in [9.17, 15) is 4.79 Å². The Morgan fingerprint density at radius 3 is 2.87 bits per heavy atom. The van der Waals surface area contributed by atoms with Crippen LogP contribution in [0.3, 0.4) is 0 Å². The van der Waals surface area contributed by atoms with Gasteiger partial charge in [0.2, 0.25) is 0 Å². The standard InChI is InChI=1S/C11H14BrNO2/c1-8-5-9(3-4-10(8)12)6-13-7-11(14)15-2/h3-5,13H,6-7H2,1-2H3. The fraction of sp³-hybridized carbons (Fsp3) is 0.364. The maximum absolute atomic E-state index is 10.8. The van der Waals surface area contributed by atoms with Crippen LogP contribution in [0.1, 0.15) is 11.1 Å². The van der Waals surface area contributed by atoms with Crippen molar-refractivity contribution in [1.29, 1.82) is 0 Å². The number of rotatable bonds is 4. The van der Waals surface area contributed by atoms with Crippen molar-refractivity contribution in [2.75, 3.05) is 13.7 Å². The smallest absolute Gasteiger partial charge is 0.319 e. The van der Waals surface area contributed by atoms with Gasteiger partial charge in [-0.3, -0.25) is 4.79 Å². The summed E-state index contributed by atoms with van der Waals surface area (Å²) >= 11 is 3.44. The summed E-state index contributed by atoms with van der Waals surface area (Å²) in [5.74, 6) is -0.246. The van der Waals surface area contributed by atoms with Crippen LogP contribution in [-0.2, 0) is 16.1 Å². The molecule has 1 N–H and O–H groups in total. The van der Waals surface area contributed by atoms with Crippen LogP contribution in [0.15, 0.2) is 22.7 Å². The van der Waals surface area contributed by atoms with E-state index in [1.807, 2.05) is 19.1 Å². The molecular weight excluding hydrogens is 258 g/mol. The van der Waals surface area contributed by atoms with Crippen LogP contribution in [0.2, 0.25) is 0 Å². The van der Waals surface area contributed by atoms with Crippen LogP contribution >= 0.6 is 15.9 Å². The number of halogens is 1. The van der Waals surface area contributed by atoms with Crippen molar-refractivity contribution < 1.29 is 9.53 Å². The van der Waals surface area contributed by atoms with E-state index in [0.717, 1.165) is 10.0 Å². The number of esters is 1. The third-order valence-corrected chi connectivity index (χ3v) is 2.94. The van der Waals surface area contributed by atoms with Crippen LogP contribution in [0.4, 0.5) is 0 Å². The summed E-state index contributed by atoms with van der Waals surface area (Å²) in [5, 5.41) is 3.01. The quantitative estimate of drug-likeness (QED) is 0.852. The molecule has 0 radical (unpaired) electrons. The minimum Gasteiger partial charge on any atom is -0.468 e. The second-order valence-electron chi connectivity index (χ2n) is 3.26. The van der Waals surface area contributed by atoms with Gasteiger partial charge in [0.05, 0.1) is 13.7 Å². The predicted octanol–water partition coefficient (Wildman–Crippen LogP) is 2.02. The summed E-state index contributed by atoms with van der Waals surface area (Å²) in [6.45, 7) is 2.95. The molecule has 0 amide bonds. The number of ether oxygens (including phenoxy) is 1. The third-order valence-electron chi connectivity index (χ3n) is 2.05. The summed E-state index contributed by atoms with van der Waals surface area (Å²) in [6, 6.07) is 6.10. The van der Waals surface area contributed by atoms with Crippen molar-refractivity contribution in [3.05, 3.63) is 33.8 Å². The Hall–Kier alpha value is -0.870. The van der Waals surface area contributed by atoms with E-state index in [0.29, 0.717) is 6.54 Å². The van der Waals surface area contributed by atoms with Crippen LogP contribution in [0, 0.1) is 6.92 Å². The molecule has 0 bridgehead atoms. The van der Waals surface area contributed by atoms with Crippen molar-refractivity contribution in [1.82, 2.24) is 5.32 Å². The van der Waals surface area contributed by atoms with E-state index in [-0.39, 0.29) is 12.5 Å². The highest BCUT2D eigenvalue weighted by atomic mass is 79.9. The van der Waals surface area contributed by atoms with Gasteiger partial charge in [-0.15, -0.1) is 0 Å². The van der Waals surface area contributed by atoms with E-state index in [1.54, 1.807) is 0 Å².